The van der Waals surface area contributed by atoms with E-state index in [-0.39, 0.29) is 0 Å². The number of nitrogens with two attached hydrogens (primary N) is 2. The van der Waals surface area contributed by atoms with E-state index in [1.54, 1.807) is 23.7 Å². The van der Waals surface area contributed by atoms with Crippen LogP contribution in [0.2, 0.25) is 0 Å². The molecule has 0 aliphatic rings. The molecule has 0 spiro atoms. The zero-order valence-electron chi connectivity index (χ0n) is 9.17. The van der Waals surface area contributed by atoms with Crippen molar-refractivity contribution in [3.05, 3.63) is 53.4 Å². The number of hydrogen-bond acceptors (Lipinski definition) is 5. The monoisotopic (exact) mass is 247 g/mol. The van der Waals surface area contributed by atoms with Crippen LogP contribution in [0.5, 0.6) is 0 Å². The Kier molecular flexibility index (Phi) is 3.74. The molecule has 0 radical (unpaired) electrons. The summed E-state index contributed by atoms with van der Waals surface area (Å²) < 4.78 is 5.30. The summed E-state index contributed by atoms with van der Waals surface area (Å²) in [6.45, 7) is 0.531. The number of aliphatic imine (C=N–C) groups is 1. The average Bonchev–Trinajstić information content (AvgIpc) is 2.99. The molecule has 0 unspecified atom stereocenters. The van der Waals surface area contributed by atoms with Gasteiger partial charge in [-0.25, -0.2) is 4.99 Å². The van der Waals surface area contributed by atoms with E-state index in [9.17, 15) is 0 Å². The highest BCUT2D eigenvalue weighted by molar-refractivity contribution is 7.15. The molecule has 0 bridgehead atoms. The summed E-state index contributed by atoms with van der Waals surface area (Å²) >= 11 is 1.56. The van der Waals surface area contributed by atoms with Crippen molar-refractivity contribution < 1.29 is 4.42 Å². The molecule has 0 saturated carbocycles. The third kappa shape index (κ3) is 2.83. The Morgan fingerprint density at radius 2 is 2.29 bits per heavy atom. The Bertz CT molecular complexity index is 526. The van der Waals surface area contributed by atoms with Gasteiger partial charge in [0.25, 0.3) is 0 Å². The van der Waals surface area contributed by atoms with E-state index >= 15 is 0 Å². The molecule has 0 aromatic carbocycles. The summed E-state index contributed by atoms with van der Waals surface area (Å²) in [6.07, 6.45) is 4.76. The molecule has 4 nitrogen and oxygen atoms in total. The van der Waals surface area contributed by atoms with Crippen LogP contribution in [0.4, 0.5) is 5.00 Å². The molecule has 5 heteroatoms. The lowest BCUT2D eigenvalue weighted by Gasteiger charge is -1.95. The highest BCUT2D eigenvalue weighted by Gasteiger charge is 2.04. The zero-order chi connectivity index (χ0) is 12.1. The standard InChI is InChI=1S/C12H13N3OS/c13-6-5-10(11-2-1-7-16-11)15-12-4-3-9(8-14)17-12/h1-7H,8,13-14H2/b6-5-,15-10-. The summed E-state index contributed by atoms with van der Waals surface area (Å²) in [5.41, 5.74) is 11.7. The first kappa shape index (κ1) is 11.6. The van der Waals surface area contributed by atoms with Crippen molar-refractivity contribution in [3.63, 3.8) is 0 Å². The minimum absolute atomic E-state index is 0.531. The van der Waals surface area contributed by atoms with Crippen molar-refractivity contribution >= 4 is 22.0 Å². The lowest BCUT2D eigenvalue weighted by molar-refractivity contribution is 0.558. The fourth-order valence-electron chi connectivity index (χ4n) is 1.35. The molecule has 2 rings (SSSR count). The fraction of sp³-hybridized carbons (Fsp3) is 0.0833. The molecule has 0 aliphatic heterocycles. The van der Waals surface area contributed by atoms with Crippen LogP contribution >= 0.6 is 11.3 Å². The van der Waals surface area contributed by atoms with E-state index in [4.69, 9.17) is 15.9 Å². The van der Waals surface area contributed by atoms with E-state index in [1.165, 1.54) is 6.20 Å². The molecule has 17 heavy (non-hydrogen) atoms. The van der Waals surface area contributed by atoms with E-state index in [1.807, 2.05) is 24.3 Å². The Morgan fingerprint density at radius 1 is 1.41 bits per heavy atom. The van der Waals surface area contributed by atoms with Gasteiger partial charge in [-0.1, -0.05) is 0 Å². The van der Waals surface area contributed by atoms with Crippen LogP contribution in [-0.4, -0.2) is 5.71 Å². The maximum absolute atomic E-state index is 5.56. The normalized spacial score (nSPS) is 12.4. The van der Waals surface area contributed by atoms with Crippen molar-refractivity contribution in [2.24, 2.45) is 16.5 Å². The van der Waals surface area contributed by atoms with Crippen molar-refractivity contribution in [1.29, 1.82) is 0 Å². The molecule has 2 heterocycles. The van der Waals surface area contributed by atoms with Gasteiger partial charge in [0.1, 0.15) is 10.7 Å². The SMILES string of the molecule is N/C=C\C(=N\c1ccc(CN)s1)c1ccco1. The first-order chi connectivity index (χ1) is 8.33. The number of rotatable bonds is 4. The Labute approximate surface area is 103 Å². The molecular weight excluding hydrogens is 234 g/mol. The van der Waals surface area contributed by atoms with Gasteiger partial charge in [0, 0.05) is 11.4 Å². The van der Waals surface area contributed by atoms with E-state index in [0.717, 1.165) is 9.88 Å². The van der Waals surface area contributed by atoms with Crippen molar-refractivity contribution in [2.75, 3.05) is 0 Å². The number of thiophene rings is 1. The second-order valence-corrected chi connectivity index (χ2v) is 4.42. The van der Waals surface area contributed by atoms with Gasteiger partial charge in [-0.05, 0) is 36.5 Å². The Hall–Kier alpha value is -1.85. The van der Waals surface area contributed by atoms with Gasteiger partial charge in [0.2, 0.25) is 0 Å². The molecule has 0 amide bonds. The van der Waals surface area contributed by atoms with Crippen LogP contribution in [0.1, 0.15) is 10.6 Å². The number of furan rings is 1. The van der Waals surface area contributed by atoms with Crippen molar-refractivity contribution in [3.8, 4) is 0 Å². The average molecular weight is 247 g/mol. The van der Waals surface area contributed by atoms with Gasteiger partial charge in [-0.15, -0.1) is 11.3 Å². The van der Waals surface area contributed by atoms with Crippen LogP contribution in [0.3, 0.4) is 0 Å². The third-order valence-corrected chi connectivity index (χ3v) is 3.11. The highest BCUT2D eigenvalue weighted by atomic mass is 32.1. The van der Waals surface area contributed by atoms with Gasteiger partial charge in [-0.2, -0.15) is 0 Å². The molecule has 88 valence electrons. The smallest absolute Gasteiger partial charge is 0.152 e. The predicted octanol–water partition coefficient (Wildman–Crippen LogP) is 2.39. The minimum Gasteiger partial charge on any atom is -0.463 e. The summed E-state index contributed by atoms with van der Waals surface area (Å²) in [5.74, 6) is 0.689. The molecule has 2 aromatic rings. The lowest BCUT2D eigenvalue weighted by atomic mass is 10.3. The lowest BCUT2D eigenvalue weighted by Crippen LogP contribution is -1.95. The second-order valence-electron chi connectivity index (χ2n) is 3.28. The maximum Gasteiger partial charge on any atom is 0.152 e. The first-order valence-corrected chi connectivity index (χ1v) is 5.94. The topological polar surface area (TPSA) is 77.5 Å². The van der Waals surface area contributed by atoms with Crippen LogP contribution < -0.4 is 11.5 Å². The van der Waals surface area contributed by atoms with E-state index in [0.29, 0.717) is 18.0 Å². The van der Waals surface area contributed by atoms with Crippen LogP contribution in [0.15, 0.2) is 52.2 Å². The second kappa shape index (κ2) is 5.47. The Balaban J connectivity index is 2.33. The third-order valence-electron chi connectivity index (χ3n) is 2.11. The minimum atomic E-state index is 0.531. The number of allylic oxidation sites excluding steroid dienone is 1. The summed E-state index contributed by atoms with van der Waals surface area (Å²) in [4.78, 5) is 5.58. The molecule has 0 fully saturated rings. The van der Waals surface area contributed by atoms with Gasteiger partial charge >= 0.3 is 0 Å². The van der Waals surface area contributed by atoms with Crippen LogP contribution in [-0.2, 0) is 6.54 Å². The summed E-state index contributed by atoms with van der Waals surface area (Å²) in [6, 6.07) is 7.56. The van der Waals surface area contributed by atoms with Crippen molar-refractivity contribution in [1.82, 2.24) is 0 Å². The molecule has 0 aliphatic carbocycles. The van der Waals surface area contributed by atoms with Gasteiger partial charge in [-0.3, -0.25) is 0 Å². The van der Waals surface area contributed by atoms with E-state index in [2.05, 4.69) is 4.99 Å². The molecule has 0 atom stereocenters. The van der Waals surface area contributed by atoms with Crippen molar-refractivity contribution in [2.45, 2.75) is 6.54 Å². The molecule has 0 saturated heterocycles. The van der Waals surface area contributed by atoms with Crippen LogP contribution in [0.25, 0.3) is 0 Å². The maximum atomic E-state index is 5.56. The van der Waals surface area contributed by atoms with Gasteiger partial charge < -0.3 is 15.9 Å². The molecule has 2 aromatic heterocycles. The fourth-order valence-corrected chi connectivity index (χ4v) is 2.11. The molecule has 4 N–H and O–H groups in total. The van der Waals surface area contributed by atoms with Gasteiger partial charge in [0.15, 0.2) is 5.76 Å². The first-order valence-electron chi connectivity index (χ1n) is 5.13. The predicted molar refractivity (Wildman–Crippen MR) is 70.4 cm³/mol. The van der Waals surface area contributed by atoms with Gasteiger partial charge in [0.05, 0.1) is 6.26 Å². The number of nitrogens with zero attached hydrogens (tertiary/aromatic N) is 1. The quantitative estimate of drug-likeness (QED) is 0.814. The number of hydrogen-bond donors (Lipinski definition) is 2. The Morgan fingerprint density at radius 3 is 2.88 bits per heavy atom. The highest BCUT2D eigenvalue weighted by Crippen LogP contribution is 2.25. The summed E-state index contributed by atoms with van der Waals surface area (Å²) in [5, 5.41) is 0.884. The molecular formula is C12H13N3OS. The van der Waals surface area contributed by atoms with E-state index < -0.39 is 0 Å². The largest absolute Gasteiger partial charge is 0.463 e. The zero-order valence-corrected chi connectivity index (χ0v) is 9.98. The van der Waals surface area contributed by atoms with Crippen LogP contribution in [0, 0.1) is 0 Å². The summed E-state index contributed by atoms with van der Waals surface area (Å²) in [7, 11) is 0.